The minimum absolute atomic E-state index is 0.0293. The summed E-state index contributed by atoms with van der Waals surface area (Å²) < 4.78 is 13.1. The second-order valence-corrected chi connectivity index (χ2v) is 5.19. The second kappa shape index (κ2) is 6.37. The topological polar surface area (TPSA) is 30.3 Å². The van der Waals surface area contributed by atoms with Crippen LogP contribution in [0, 0.1) is 17.1 Å². The molecule has 1 unspecified atom stereocenters. The van der Waals surface area contributed by atoms with E-state index in [1.807, 2.05) is 37.5 Å². The van der Waals surface area contributed by atoms with Crippen molar-refractivity contribution in [1.82, 2.24) is 0 Å². The molecule has 3 rings (SSSR count). The molecule has 0 amide bonds. The van der Waals surface area contributed by atoms with Crippen LogP contribution in [0.5, 0.6) is 0 Å². The first kappa shape index (κ1) is 14.9. The van der Waals surface area contributed by atoms with Gasteiger partial charge in [0, 0.05) is 23.8 Å². The van der Waals surface area contributed by atoms with E-state index in [-0.39, 0.29) is 12.0 Å². The summed E-state index contributed by atoms with van der Waals surface area (Å²) >= 11 is 0. The third kappa shape index (κ3) is 2.95. The molecule has 2 aromatic carbocycles. The average molecular weight is 305 g/mol. The molecule has 0 spiro atoms. The zero-order valence-electron chi connectivity index (χ0n) is 12.7. The molecule has 0 bridgehead atoms. The van der Waals surface area contributed by atoms with Crippen LogP contribution in [0.25, 0.3) is 0 Å². The summed E-state index contributed by atoms with van der Waals surface area (Å²) in [6, 6.07) is 16.0. The van der Waals surface area contributed by atoms with E-state index in [1.54, 1.807) is 24.3 Å². The zero-order valence-corrected chi connectivity index (χ0v) is 12.7. The summed E-state index contributed by atoms with van der Waals surface area (Å²) in [5, 5.41) is 8.92. The number of halogens is 1. The summed E-state index contributed by atoms with van der Waals surface area (Å²) in [6.07, 6.45) is 7.98. The van der Waals surface area contributed by atoms with E-state index >= 15 is 0 Å². The third-order valence-electron chi connectivity index (χ3n) is 3.74. The van der Waals surface area contributed by atoms with Crippen LogP contribution >= 0.6 is 0 Å². The minimum atomic E-state index is -0.247. The number of hydrogen-bond acceptors (Lipinski definition) is 3. The van der Waals surface area contributed by atoms with E-state index < -0.39 is 0 Å². The maximum absolute atomic E-state index is 13.1. The first-order chi connectivity index (χ1) is 11.2. The molecular formula is C19H16FN3. The van der Waals surface area contributed by atoms with Crippen molar-refractivity contribution in [2.45, 2.75) is 13.1 Å². The Hall–Kier alpha value is -3.06. The van der Waals surface area contributed by atoms with Crippen molar-refractivity contribution < 1.29 is 4.39 Å². The zero-order chi connectivity index (χ0) is 16.2. The molecule has 1 aliphatic heterocycles. The fourth-order valence-corrected chi connectivity index (χ4v) is 2.61. The molecule has 0 aliphatic carbocycles. The van der Waals surface area contributed by atoms with Crippen LogP contribution in [-0.2, 0) is 0 Å². The number of rotatable bonds is 3. The summed E-state index contributed by atoms with van der Waals surface area (Å²) in [6.45, 7) is 1.97. The van der Waals surface area contributed by atoms with E-state index in [2.05, 4.69) is 21.9 Å². The van der Waals surface area contributed by atoms with Gasteiger partial charge in [-0.05, 0) is 61.5 Å². The fraction of sp³-hybridized carbons (Fsp3) is 0.105. The van der Waals surface area contributed by atoms with Gasteiger partial charge in [0.05, 0.1) is 11.6 Å². The highest BCUT2D eigenvalue weighted by molar-refractivity contribution is 5.63. The maximum atomic E-state index is 13.1. The van der Waals surface area contributed by atoms with E-state index in [0.29, 0.717) is 5.56 Å². The van der Waals surface area contributed by atoms with Gasteiger partial charge in [0.2, 0.25) is 0 Å². The number of nitriles is 1. The summed E-state index contributed by atoms with van der Waals surface area (Å²) in [5.41, 5.74) is 2.55. The van der Waals surface area contributed by atoms with Crippen LogP contribution in [0.3, 0.4) is 0 Å². The predicted octanol–water partition coefficient (Wildman–Crippen LogP) is 4.40. The highest BCUT2D eigenvalue weighted by atomic mass is 19.1. The van der Waals surface area contributed by atoms with Gasteiger partial charge < -0.3 is 9.80 Å². The van der Waals surface area contributed by atoms with Gasteiger partial charge in [0.15, 0.2) is 0 Å². The number of nitrogens with zero attached hydrogens (tertiary/aromatic N) is 3. The fourth-order valence-electron chi connectivity index (χ4n) is 2.61. The SMILES string of the molecule is CC=CC1N(c2ccc(F)cc2)C=CN1c1ccc(C#N)cc1. The second-order valence-electron chi connectivity index (χ2n) is 5.19. The molecule has 0 fully saturated rings. The van der Waals surface area contributed by atoms with Crippen LogP contribution < -0.4 is 9.80 Å². The Labute approximate surface area is 135 Å². The van der Waals surface area contributed by atoms with Gasteiger partial charge in [0.1, 0.15) is 12.0 Å². The monoisotopic (exact) mass is 305 g/mol. The maximum Gasteiger partial charge on any atom is 0.129 e. The molecule has 1 aliphatic rings. The van der Waals surface area contributed by atoms with E-state index in [0.717, 1.165) is 11.4 Å². The summed E-state index contributed by atoms with van der Waals surface area (Å²) in [4.78, 5) is 4.17. The van der Waals surface area contributed by atoms with Gasteiger partial charge >= 0.3 is 0 Å². The van der Waals surface area contributed by atoms with Crippen molar-refractivity contribution >= 4 is 11.4 Å². The van der Waals surface area contributed by atoms with Crippen molar-refractivity contribution in [2.75, 3.05) is 9.80 Å². The molecule has 0 saturated carbocycles. The van der Waals surface area contributed by atoms with Crippen molar-refractivity contribution in [3.63, 3.8) is 0 Å². The van der Waals surface area contributed by atoms with E-state index in [9.17, 15) is 4.39 Å². The van der Waals surface area contributed by atoms with Crippen molar-refractivity contribution in [3.05, 3.63) is 84.5 Å². The first-order valence-electron chi connectivity index (χ1n) is 7.36. The van der Waals surface area contributed by atoms with Gasteiger partial charge in [-0.2, -0.15) is 5.26 Å². The summed E-state index contributed by atoms with van der Waals surface area (Å²) in [5.74, 6) is -0.247. The van der Waals surface area contributed by atoms with Gasteiger partial charge in [-0.15, -0.1) is 0 Å². The Morgan fingerprint density at radius 1 is 0.957 bits per heavy atom. The lowest BCUT2D eigenvalue weighted by atomic mass is 10.2. The average Bonchev–Trinajstić information content (AvgIpc) is 3.00. The van der Waals surface area contributed by atoms with Crippen molar-refractivity contribution in [3.8, 4) is 6.07 Å². The molecule has 1 heterocycles. The molecule has 3 nitrogen and oxygen atoms in total. The predicted molar refractivity (Wildman–Crippen MR) is 90.3 cm³/mol. The summed E-state index contributed by atoms with van der Waals surface area (Å²) in [7, 11) is 0. The Balaban J connectivity index is 1.92. The lowest BCUT2D eigenvalue weighted by molar-refractivity contribution is 0.627. The Kier molecular flexibility index (Phi) is 4.11. The van der Waals surface area contributed by atoms with Gasteiger partial charge in [-0.3, -0.25) is 0 Å². The van der Waals surface area contributed by atoms with E-state index in [1.165, 1.54) is 12.1 Å². The molecule has 0 saturated heterocycles. The Morgan fingerprint density at radius 2 is 1.48 bits per heavy atom. The molecule has 1 atom stereocenters. The standard InChI is InChI=1S/C19H16FN3/c1-2-3-19-22(17-8-4-15(14-21)5-9-17)12-13-23(19)18-10-6-16(20)7-11-18/h2-13,19H,1H3. The van der Waals surface area contributed by atoms with Crippen LogP contribution in [0.4, 0.5) is 15.8 Å². The molecular weight excluding hydrogens is 289 g/mol. The number of allylic oxidation sites excluding steroid dienone is 1. The Bertz CT molecular complexity index is 770. The molecule has 2 aromatic rings. The highest BCUT2D eigenvalue weighted by Crippen LogP contribution is 2.30. The quantitative estimate of drug-likeness (QED) is 0.787. The number of hydrogen-bond donors (Lipinski definition) is 0. The lowest BCUT2D eigenvalue weighted by Gasteiger charge is -2.30. The molecule has 0 aromatic heterocycles. The minimum Gasteiger partial charge on any atom is -0.322 e. The highest BCUT2D eigenvalue weighted by Gasteiger charge is 2.26. The largest absolute Gasteiger partial charge is 0.322 e. The molecule has 4 heteroatoms. The third-order valence-corrected chi connectivity index (χ3v) is 3.74. The smallest absolute Gasteiger partial charge is 0.129 e. The van der Waals surface area contributed by atoms with Gasteiger partial charge in [0.25, 0.3) is 0 Å². The van der Waals surface area contributed by atoms with Gasteiger partial charge in [-0.1, -0.05) is 6.08 Å². The van der Waals surface area contributed by atoms with Crippen LogP contribution in [0.2, 0.25) is 0 Å². The normalized spacial score (nSPS) is 17.0. The first-order valence-corrected chi connectivity index (χ1v) is 7.36. The molecule has 0 N–H and O–H groups in total. The van der Waals surface area contributed by atoms with Crippen LogP contribution in [0.1, 0.15) is 12.5 Å². The number of anilines is 2. The Morgan fingerprint density at radius 3 is 1.96 bits per heavy atom. The molecule has 114 valence electrons. The van der Waals surface area contributed by atoms with Crippen LogP contribution in [-0.4, -0.2) is 6.17 Å². The van der Waals surface area contributed by atoms with Crippen molar-refractivity contribution in [2.24, 2.45) is 0 Å². The van der Waals surface area contributed by atoms with Gasteiger partial charge in [-0.25, -0.2) is 4.39 Å². The van der Waals surface area contributed by atoms with Crippen molar-refractivity contribution in [1.29, 1.82) is 5.26 Å². The van der Waals surface area contributed by atoms with Crippen LogP contribution in [0.15, 0.2) is 73.1 Å². The molecule has 23 heavy (non-hydrogen) atoms. The lowest BCUT2D eigenvalue weighted by Crippen LogP contribution is -2.37. The molecule has 0 radical (unpaired) electrons. The number of benzene rings is 2. The van der Waals surface area contributed by atoms with E-state index in [4.69, 9.17) is 5.26 Å².